The average molecular weight is 370 g/mol. The minimum atomic E-state index is -0.266. The molecule has 1 amide bonds. The number of nitrogens with one attached hydrogen (secondary N) is 1. The third-order valence-electron chi connectivity index (χ3n) is 2.78. The van der Waals surface area contributed by atoms with Gasteiger partial charge in [0.25, 0.3) is 5.91 Å². The van der Waals surface area contributed by atoms with Crippen LogP contribution in [0.2, 0.25) is 5.02 Å². The Morgan fingerprint density at radius 2 is 2.10 bits per heavy atom. The normalized spacial score (nSPS) is 10.2. The summed E-state index contributed by atoms with van der Waals surface area (Å²) in [4.78, 5) is 11.8. The lowest BCUT2D eigenvalue weighted by Gasteiger charge is -2.09. The monoisotopic (exact) mass is 368 g/mol. The van der Waals surface area contributed by atoms with Gasteiger partial charge < -0.3 is 15.8 Å². The van der Waals surface area contributed by atoms with Gasteiger partial charge in [-0.15, -0.1) is 0 Å². The van der Waals surface area contributed by atoms with Gasteiger partial charge in [0.1, 0.15) is 5.75 Å². The number of hydrogen-bond acceptors (Lipinski definition) is 3. The fourth-order valence-corrected chi connectivity index (χ4v) is 2.04. The maximum absolute atomic E-state index is 11.8. The summed E-state index contributed by atoms with van der Waals surface area (Å²) in [6.07, 6.45) is 0. The lowest BCUT2D eigenvalue weighted by atomic mass is 10.2. The van der Waals surface area contributed by atoms with Crippen molar-refractivity contribution in [2.24, 2.45) is 0 Å². The van der Waals surface area contributed by atoms with E-state index >= 15 is 0 Å². The molecule has 6 heteroatoms. The molecule has 0 aromatic heterocycles. The Balaban J connectivity index is 1.92. The molecule has 0 aliphatic carbocycles. The second-order valence-electron chi connectivity index (χ2n) is 4.48. The van der Waals surface area contributed by atoms with E-state index in [4.69, 9.17) is 22.1 Å². The summed E-state index contributed by atoms with van der Waals surface area (Å²) in [5.74, 6) is 0.374. The number of nitrogens with two attached hydrogens (primary N) is 1. The number of halogens is 2. The van der Waals surface area contributed by atoms with Crippen LogP contribution in [0.15, 0.2) is 40.9 Å². The Morgan fingerprint density at radius 3 is 2.76 bits per heavy atom. The molecule has 0 aliphatic heterocycles. The summed E-state index contributed by atoms with van der Waals surface area (Å²) in [6.45, 7) is 1.87. The predicted octanol–water partition coefficient (Wildman–Crippen LogP) is 4.01. The highest BCUT2D eigenvalue weighted by molar-refractivity contribution is 9.10. The fraction of sp³-hybridized carbons (Fsp3) is 0.133. The van der Waals surface area contributed by atoms with Gasteiger partial charge in [-0.2, -0.15) is 0 Å². The number of ether oxygens (including phenoxy) is 1. The summed E-state index contributed by atoms with van der Waals surface area (Å²) in [5.41, 5.74) is 7.71. The topological polar surface area (TPSA) is 64.3 Å². The van der Waals surface area contributed by atoms with Crippen molar-refractivity contribution in [1.29, 1.82) is 0 Å². The number of nitrogen functional groups attached to an aromatic ring is 1. The maximum atomic E-state index is 11.8. The largest absolute Gasteiger partial charge is 0.484 e. The first-order chi connectivity index (χ1) is 9.95. The van der Waals surface area contributed by atoms with Gasteiger partial charge in [-0.3, -0.25) is 4.79 Å². The fourth-order valence-electron chi connectivity index (χ4n) is 1.67. The first kappa shape index (κ1) is 15.7. The standard InChI is InChI=1S/C15H14BrClN2O2/c1-9-6-11(3-4-12(9)16)21-8-15(20)19-10-2-5-13(17)14(18)7-10/h2-7H,8,18H2,1H3,(H,19,20). The van der Waals surface area contributed by atoms with Crippen LogP contribution in [-0.2, 0) is 4.79 Å². The van der Waals surface area contributed by atoms with Gasteiger partial charge in [0.15, 0.2) is 6.61 Å². The van der Waals surface area contributed by atoms with E-state index in [2.05, 4.69) is 21.2 Å². The van der Waals surface area contributed by atoms with Crippen LogP contribution in [0.5, 0.6) is 5.75 Å². The van der Waals surface area contributed by atoms with E-state index < -0.39 is 0 Å². The predicted molar refractivity (Wildman–Crippen MR) is 88.9 cm³/mol. The van der Waals surface area contributed by atoms with Crippen LogP contribution in [0.4, 0.5) is 11.4 Å². The van der Waals surface area contributed by atoms with Crippen molar-refractivity contribution < 1.29 is 9.53 Å². The molecule has 2 aromatic carbocycles. The lowest BCUT2D eigenvalue weighted by Crippen LogP contribution is -2.20. The molecule has 110 valence electrons. The Labute approximate surface area is 136 Å². The third kappa shape index (κ3) is 4.37. The number of carbonyl (C=O) groups excluding carboxylic acids is 1. The molecule has 0 saturated carbocycles. The average Bonchev–Trinajstić information content (AvgIpc) is 2.44. The molecular weight excluding hydrogens is 356 g/mol. The van der Waals surface area contributed by atoms with Crippen molar-refractivity contribution >= 4 is 44.8 Å². The molecule has 0 saturated heterocycles. The van der Waals surface area contributed by atoms with E-state index in [0.717, 1.165) is 10.0 Å². The zero-order valence-electron chi connectivity index (χ0n) is 11.3. The van der Waals surface area contributed by atoms with E-state index in [9.17, 15) is 4.79 Å². The molecule has 2 rings (SSSR count). The molecule has 0 atom stereocenters. The molecule has 4 nitrogen and oxygen atoms in total. The summed E-state index contributed by atoms with van der Waals surface area (Å²) >= 11 is 9.23. The van der Waals surface area contributed by atoms with Gasteiger partial charge in [-0.25, -0.2) is 0 Å². The Kier molecular flexibility index (Phi) is 5.09. The molecule has 0 aliphatic rings. The molecule has 2 aromatic rings. The number of amides is 1. The minimum absolute atomic E-state index is 0.0798. The SMILES string of the molecule is Cc1cc(OCC(=O)Nc2ccc(Cl)c(N)c2)ccc1Br. The number of carbonyl (C=O) groups is 1. The molecule has 0 unspecified atom stereocenters. The highest BCUT2D eigenvalue weighted by atomic mass is 79.9. The first-order valence-electron chi connectivity index (χ1n) is 6.19. The summed E-state index contributed by atoms with van der Waals surface area (Å²) in [6, 6.07) is 10.4. The zero-order valence-corrected chi connectivity index (χ0v) is 13.7. The van der Waals surface area contributed by atoms with Gasteiger partial charge in [0.05, 0.1) is 10.7 Å². The molecule has 0 radical (unpaired) electrons. The van der Waals surface area contributed by atoms with Gasteiger partial charge in [0.2, 0.25) is 0 Å². The van der Waals surface area contributed by atoms with E-state index in [1.54, 1.807) is 24.3 Å². The van der Waals surface area contributed by atoms with Gasteiger partial charge >= 0.3 is 0 Å². The first-order valence-corrected chi connectivity index (χ1v) is 7.36. The molecule has 0 heterocycles. The van der Waals surface area contributed by atoms with Crippen molar-refractivity contribution in [2.75, 3.05) is 17.7 Å². The van der Waals surface area contributed by atoms with Crippen molar-refractivity contribution in [3.8, 4) is 5.75 Å². The maximum Gasteiger partial charge on any atom is 0.262 e. The Hall–Kier alpha value is -1.72. The zero-order chi connectivity index (χ0) is 15.4. The van der Waals surface area contributed by atoms with E-state index in [-0.39, 0.29) is 12.5 Å². The molecule has 0 spiro atoms. The molecular formula is C15H14BrClN2O2. The van der Waals surface area contributed by atoms with Crippen molar-refractivity contribution in [1.82, 2.24) is 0 Å². The minimum Gasteiger partial charge on any atom is -0.484 e. The van der Waals surface area contributed by atoms with Crippen LogP contribution in [0.3, 0.4) is 0 Å². The summed E-state index contributed by atoms with van der Waals surface area (Å²) in [5, 5.41) is 3.15. The van der Waals surface area contributed by atoms with Gasteiger partial charge in [0, 0.05) is 10.2 Å². The molecule has 3 N–H and O–H groups in total. The van der Waals surface area contributed by atoms with E-state index in [1.165, 1.54) is 0 Å². The van der Waals surface area contributed by atoms with Crippen LogP contribution in [0, 0.1) is 6.92 Å². The summed E-state index contributed by atoms with van der Waals surface area (Å²) < 4.78 is 6.44. The van der Waals surface area contributed by atoms with Crippen LogP contribution in [0.25, 0.3) is 0 Å². The van der Waals surface area contributed by atoms with Gasteiger partial charge in [-0.05, 0) is 48.9 Å². The number of aryl methyl sites for hydroxylation is 1. The van der Waals surface area contributed by atoms with Crippen molar-refractivity contribution in [3.05, 3.63) is 51.5 Å². The van der Waals surface area contributed by atoms with Crippen LogP contribution >= 0.6 is 27.5 Å². The lowest BCUT2D eigenvalue weighted by molar-refractivity contribution is -0.118. The second kappa shape index (κ2) is 6.83. The van der Waals surface area contributed by atoms with Crippen LogP contribution in [0.1, 0.15) is 5.56 Å². The highest BCUT2D eigenvalue weighted by Gasteiger charge is 2.06. The molecule has 0 fully saturated rings. The van der Waals surface area contributed by atoms with Crippen molar-refractivity contribution in [2.45, 2.75) is 6.92 Å². The second-order valence-corrected chi connectivity index (χ2v) is 5.75. The third-order valence-corrected chi connectivity index (χ3v) is 4.01. The van der Waals surface area contributed by atoms with E-state index in [1.807, 2.05) is 19.1 Å². The van der Waals surface area contributed by atoms with Crippen LogP contribution < -0.4 is 15.8 Å². The van der Waals surface area contributed by atoms with Crippen molar-refractivity contribution in [3.63, 3.8) is 0 Å². The quantitative estimate of drug-likeness (QED) is 0.800. The molecule has 21 heavy (non-hydrogen) atoms. The summed E-state index contributed by atoms with van der Waals surface area (Å²) in [7, 11) is 0. The molecule has 0 bridgehead atoms. The smallest absolute Gasteiger partial charge is 0.262 e. The number of anilines is 2. The highest BCUT2D eigenvalue weighted by Crippen LogP contribution is 2.23. The van der Waals surface area contributed by atoms with Gasteiger partial charge in [-0.1, -0.05) is 27.5 Å². The Morgan fingerprint density at radius 1 is 1.33 bits per heavy atom. The van der Waals surface area contributed by atoms with Crippen LogP contribution in [-0.4, -0.2) is 12.5 Å². The number of hydrogen-bond donors (Lipinski definition) is 2. The Bertz CT molecular complexity index is 677. The van der Waals surface area contributed by atoms with E-state index in [0.29, 0.717) is 22.1 Å². The number of benzene rings is 2. The number of rotatable bonds is 4.